The molecule has 0 bridgehead atoms. The number of ether oxygens (including phenoxy) is 9. The highest BCUT2D eigenvalue weighted by Gasteiger charge is 2.34. The van der Waals surface area contributed by atoms with Crippen LogP contribution in [0.15, 0.2) is 48.6 Å². The van der Waals surface area contributed by atoms with Gasteiger partial charge in [-0.2, -0.15) is 0 Å². The number of hydrogen-bond acceptors (Lipinski definition) is 20. The lowest BCUT2D eigenvalue weighted by atomic mass is 10.1. The number of nitrogens with zero attached hydrogens (tertiary/aromatic N) is 4. The van der Waals surface area contributed by atoms with Crippen LogP contribution < -0.4 is 0 Å². The first-order chi connectivity index (χ1) is 28.8. The van der Waals surface area contributed by atoms with Crippen molar-refractivity contribution >= 4 is 65.2 Å². The number of esters is 3. The summed E-state index contributed by atoms with van der Waals surface area (Å²) in [6, 6.07) is 0. The molecule has 60 heavy (non-hydrogen) atoms. The Hall–Kier alpha value is -6.31. The fourth-order valence-electron chi connectivity index (χ4n) is 4.97. The van der Waals surface area contributed by atoms with E-state index in [0.717, 1.165) is 53.5 Å². The average Bonchev–Trinajstić information content (AvgIpc) is 3.93. The summed E-state index contributed by atoms with van der Waals surface area (Å²) in [5.41, 5.74) is -1.56. The van der Waals surface area contributed by atoms with Crippen LogP contribution in [0.1, 0.15) is 12.8 Å². The van der Waals surface area contributed by atoms with E-state index in [-0.39, 0.29) is 79.2 Å². The topological polar surface area (TPSA) is 284 Å². The van der Waals surface area contributed by atoms with E-state index >= 15 is 0 Å². The lowest BCUT2D eigenvalue weighted by Gasteiger charge is -2.33. The Labute approximate surface area is 340 Å². The van der Waals surface area contributed by atoms with Gasteiger partial charge in [-0.3, -0.25) is 62.5 Å². The molecular formula is C36H40N4O20. The van der Waals surface area contributed by atoms with Gasteiger partial charge in [-0.1, -0.05) is 0 Å². The second-order valence-electron chi connectivity index (χ2n) is 12.5. The van der Waals surface area contributed by atoms with Gasteiger partial charge in [0.1, 0.15) is 32.3 Å². The molecule has 0 saturated heterocycles. The molecule has 0 aromatic heterocycles. The summed E-state index contributed by atoms with van der Waals surface area (Å²) in [4.78, 5) is 134. The molecule has 24 nitrogen and oxygen atoms in total. The summed E-state index contributed by atoms with van der Waals surface area (Å²) in [7, 11) is 0. The number of hydrogen-bond donors (Lipinski definition) is 0. The zero-order chi connectivity index (χ0) is 43.5. The van der Waals surface area contributed by atoms with Gasteiger partial charge in [0.15, 0.2) is 13.5 Å². The van der Waals surface area contributed by atoms with E-state index in [1.165, 1.54) is 0 Å². The van der Waals surface area contributed by atoms with Gasteiger partial charge in [0.25, 0.3) is 47.3 Å². The zero-order valence-electron chi connectivity index (χ0n) is 31.9. The van der Waals surface area contributed by atoms with Crippen molar-refractivity contribution in [1.29, 1.82) is 0 Å². The van der Waals surface area contributed by atoms with Gasteiger partial charge in [-0.25, -0.2) is 9.80 Å². The predicted octanol–water partition coefficient (Wildman–Crippen LogP) is -3.24. The standard InChI is InChI=1S/C36H40N4O20/c41-25-1-2-26(42)37(25)17-35(51)57-15-16-60-36(18-52-11-9-33(49)58-22-39-29(45)5-6-30(39)46,19-53-12-10-34(50)59-23-40-31(47)7-8-32(40)48)20-54-13-14-55-24-56-21-38-27(43)3-4-28(38)44/h1-8H,9-24H2. The molecule has 4 rings (SSSR count). The molecule has 0 N–H and O–H groups in total. The van der Waals surface area contributed by atoms with Crippen LogP contribution in [0.25, 0.3) is 0 Å². The Morgan fingerprint density at radius 2 is 0.783 bits per heavy atom. The number of carbonyl (C=O) groups excluding carboxylic acids is 11. The van der Waals surface area contributed by atoms with Crippen molar-refractivity contribution in [3.63, 3.8) is 0 Å². The molecule has 0 aromatic carbocycles. The van der Waals surface area contributed by atoms with Crippen LogP contribution in [0.5, 0.6) is 0 Å². The van der Waals surface area contributed by atoms with Crippen LogP contribution in [0.2, 0.25) is 0 Å². The van der Waals surface area contributed by atoms with Crippen molar-refractivity contribution in [3.05, 3.63) is 48.6 Å². The summed E-state index contributed by atoms with van der Waals surface area (Å²) < 4.78 is 48.9. The monoisotopic (exact) mass is 848 g/mol. The van der Waals surface area contributed by atoms with Crippen molar-refractivity contribution in [2.24, 2.45) is 0 Å². The highest BCUT2D eigenvalue weighted by Crippen LogP contribution is 2.16. The third kappa shape index (κ3) is 14.5. The Kier molecular flexibility index (Phi) is 18.0. The number of carbonyl (C=O) groups is 11. The van der Waals surface area contributed by atoms with Crippen molar-refractivity contribution < 1.29 is 95.4 Å². The fraction of sp³-hybridized carbons (Fsp3) is 0.472. The first-order valence-corrected chi connectivity index (χ1v) is 17.9. The molecule has 4 heterocycles. The largest absolute Gasteiger partial charge is 0.462 e. The zero-order valence-corrected chi connectivity index (χ0v) is 31.9. The molecule has 8 amide bonds. The van der Waals surface area contributed by atoms with Crippen LogP contribution in [0.4, 0.5) is 0 Å². The molecular weight excluding hydrogens is 808 g/mol. The highest BCUT2D eigenvalue weighted by atomic mass is 16.7. The van der Waals surface area contributed by atoms with E-state index < -0.39 is 97.4 Å². The van der Waals surface area contributed by atoms with E-state index in [0.29, 0.717) is 14.7 Å². The number of imide groups is 4. The van der Waals surface area contributed by atoms with E-state index in [1.54, 1.807) is 0 Å². The van der Waals surface area contributed by atoms with Crippen molar-refractivity contribution in [2.45, 2.75) is 18.4 Å². The van der Waals surface area contributed by atoms with E-state index in [2.05, 4.69) is 0 Å². The molecule has 24 heteroatoms. The molecule has 0 spiro atoms. The SMILES string of the molecule is O=C(CCOCC(COCCOCOCN1C(=O)C=CC1=O)(COCCC(=O)OCN1C(=O)C=CC1=O)OCCOC(=O)CN1C(=O)C=CC1=O)OCN1C(=O)C=CC1=O. The summed E-state index contributed by atoms with van der Waals surface area (Å²) >= 11 is 0. The Morgan fingerprint density at radius 3 is 1.23 bits per heavy atom. The second kappa shape index (κ2) is 23.3. The third-order valence-corrected chi connectivity index (χ3v) is 8.11. The van der Waals surface area contributed by atoms with Crippen LogP contribution in [-0.2, 0) is 95.4 Å². The average molecular weight is 849 g/mol. The van der Waals surface area contributed by atoms with E-state index in [4.69, 9.17) is 42.6 Å². The van der Waals surface area contributed by atoms with Crippen molar-refractivity contribution in [3.8, 4) is 0 Å². The van der Waals surface area contributed by atoms with Gasteiger partial charge >= 0.3 is 17.9 Å². The minimum absolute atomic E-state index is 0.0644. The number of amides is 8. The van der Waals surface area contributed by atoms with Crippen molar-refractivity contribution in [2.75, 3.05) is 93.0 Å². The summed E-state index contributed by atoms with van der Waals surface area (Å²) in [6.07, 6.45) is 7.61. The highest BCUT2D eigenvalue weighted by molar-refractivity contribution is 6.15. The van der Waals surface area contributed by atoms with Gasteiger partial charge < -0.3 is 42.6 Å². The van der Waals surface area contributed by atoms with Crippen LogP contribution in [0, 0.1) is 0 Å². The molecule has 4 aliphatic rings. The van der Waals surface area contributed by atoms with Gasteiger partial charge in [-0.05, 0) is 0 Å². The van der Waals surface area contributed by atoms with Crippen LogP contribution >= 0.6 is 0 Å². The number of rotatable bonds is 29. The van der Waals surface area contributed by atoms with Crippen LogP contribution in [-0.4, -0.2) is 183 Å². The van der Waals surface area contributed by atoms with Crippen molar-refractivity contribution in [1.82, 2.24) is 19.6 Å². The second-order valence-corrected chi connectivity index (χ2v) is 12.5. The molecule has 0 saturated carbocycles. The first-order valence-electron chi connectivity index (χ1n) is 17.9. The summed E-state index contributed by atoms with van der Waals surface area (Å²) in [6.45, 7) is -5.04. The first kappa shape index (κ1) is 46.4. The summed E-state index contributed by atoms with van der Waals surface area (Å²) in [5, 5.41) is 0. The van der Waals surface area contributed by atoms with E-state index in [9.17, 15) is 52.7 Å². The smallest absolute Gasteiger partial charge is 0.326 e. The quantitative estimate of drug-likeness (QED) is 0.0235. The minimum atomic E-state index is -1.56. The molecule has 0 unspecified atom stereocenters. The van der Waals surface area contributed by atoms with E-state index in [1.807, 2.05) is 0 Å². The maximum Gasteiger partial charge on any atom is 0.326 e. The van der Waals surface area contributed by atoms with Gasteiger partial charge in [0.05, 0.1) is 65.7 Å². The minimum Gasteiger partial charge on any atom is -0.462 e. The molecule has 4 aliphatic heterocycles. The normalized spacial score (nSPS) is 16.2. The fourth-order valence-corrected chi connectivity index (χ4v) is 4.97. The Morgan fingerprint density at radius 1 is 0.400 bits per heavy atom. The van der Waals surface area contributed by atoms with Gasteiger partial charge in [0.2, 0.25) is 0 Å². The lowest BCUT2D eigenvalue weighted by molar-refractivity contribution is -0.182. The maximum absolute atomic E-state index is 12.4. The summed E-state index contributed by atoms with van der Waals surface area (Å²) in [5.74, 6) is -7.64. The van der Waals surface area contributed by atoms with Gasteiger partial charge in [0, 0.05) is 48.6 Å². The molecule has 0 radical (unpaired) electrons. The Bertz CT molecular complexity index is 1680. The Balaban J connectivity index is 1.31. The third-order valence-electron chi connectivity index (χ3n) is 8.11. The molecule has 324 valence electrons. The van der Waals surface area contributed by atoms with Crippen LogP contribution in [0.3, 0.4) is 0 Å². The molecule has 0 aliphatic carbocycles. The lowest BCUT2D eigenvalue weighted by Crippen LogP contribution is -2.48. The molecule has 0 atom stereocenters. The maximum atomic E-state index is 12.4. The molecule has 0 fully saturated rings. The molecule has 0 aromatic rings. The predicted molar refractivity (Wildman–Crippen MR) is 189 cm³/mol. The van der Waals surface area contributed by atoms with Gasteiger partial charge in [-0.15, -0.1) is 0 Å².